The number of fused-ring (bicyclic) bond motifs is 3. The molecule has 0 aliphatic carbocycles. The van der Waals surface area contributed by atoms with Crippen molar-refractivity contribution in [1.29, 1.82) is 0 Å². The fourth-order valence-electron chi connectivity index (χ4n) is 5.24. The molecule has 2 aromatic carbocycles. The maximum atomic E-state index is 13.9. The van der Waals surface area contributed by atoms with Gasteiger partial charge in [0.25, 0.3) is 5.91 Å². The molecule has 8 nitrogen and oxygen atoms in total. The van der Waals surface area contributed by atoms with Gasteiger partial charge in [-0.2, -0.15) is 0 Å². The van der Waals surface area contributed by atoms with E-state index in [-0.39, 0.29) is 38.1 Å². The number of aromatic nitrogens is 2. The molecule has 3 aromatic rings. The Hall–Kier alpha value is -2.94. The minimum atomic E-state index is -1.48. The summed E-state index contributed by atoms with van der Waals surface area (Å²) in [6.45, 7) is 4.47. The third-order valence-electron chi connectivity index (χ3n) is 6.98. The van der Waals surface area contributed by atoms with Crippen molar-refractivity contribution < 1.29 is 19.8 Å². The Labute approximate surface area is 208 Å². The van der Waals surface area contributed by atoms with Gasteiger partial charge in [-0.1, -0.05) is 29.8 Å². The molecular weight excluding hydrogens is 468 g/mol. The van der Waals surface area contributed by atoms with Crippen LogP contribution in [-0.4, -0.2) is 61.8 Å². The maximum absolute atomic E-state index is 13.9. The Morgan fingerprint density at radius 1 is 1.17 bits per heavy atom. The number of aliphatic hydroxyl groups is 2. The van der Waals surface area contributed by atoms with Crippen molar-refractivity contribution in [2.24, 2.45) is 0 Å². The van der Waals surface area contributed by atoms with E-state index in [0.29, 0.717) is 18.0 Å². The number of hydrogen-bond donors (Lipinski definition) is 2. The van der Waals surface area contributed by atoms with Crippen LogP contribution >= 0.6 is 11.6 Å². The number of anilines is 1. The van der Waals surface area contributed by atoms with E-state index < -0.39 is 11.0 Å². The highest BCUT2D eigenvalue weighted by atomic mass is 35.5. The lowest BCUT2D eigenvalue weighted by Gasteiger charge is -2.48. The zero-order valence-electron chi connectivity index (χ0n) is 19.9. The average Bonchev–Trinajstić information content (AvgIpc) is 3.24. The summed E-state index contributed by atoms with van der Waals surface area (Å²) in [6, 6.07) is 13.3. The van der Waals surface area contributed by atoms with Gasteiger partial charge < -0.3 is 24.6 Å². The lowest BCUT2D eigenvalue weighted by Crippen LogP contribution is -2.67. The van der Waals surface area contributed by atoms with Crippen LogP contribution in [-0.2, 0) is 28.1 Å². The second kappa shape index (κ2) is 8.62. The van der Waals surface area contributed by atoms with Crippen molar-refractivity contribution in [3.05, 3.63) is 58.9 Å². The van der Waals surface area contributed by atoms with Crippen molar-refractivity contribution >= 4 is 40.1 Å². The normalized spacial score (nSPS) is 16.8. The Bertz CT molecular complexity index is 1310. The average molecular weight is 497 g/mol. The lowest BCUT2D eigenvalue weighted by atomic mass is 9.74. The molecule has 35 heavy (non-hydrogen) atoms. The highest BCUT2D eigenvalue weighted by Gasteiger charge is 2.60. The van der Waals surface area contributed by atoms with E-state index >= 15 is 0 Å². The van der Waals surface area contributed by atoms with Crippen LogP contribution in [0.3, 0.4) is 0 Å². The first kappa shape index (κ1) is 23.8. The quantitative estimate of drug-likeness (QED) is 0.490. The number of aliphatic hydroxyl groups excluding tert-OH is 1. The zero-order chi connectivity index (χ0) is 25.0. The van der Waals surface area contributed by atoms with Gasteiger partial charge in [-0.3, -0.25) is 9.59 Å². The van der Waals surface area contributed by atoms with Crippen LogP contribution in [0.1, 0.15) is 38.1 Å². The van der Waals surface area contributed by atoms with Gasteiger partial charge in [0.2, 0.25) is 5.91 Å². The topological polar surface area (TPSA) is 98.9 Å². The van der Waals surface area contributed by atoms with Crippen molar-refractivity contribution in [2.45, 2.75) is 50.8 Å². The van der Waals surface area contributed by atoms with E-state index in [2.05, 4.69) is 4.57 Å². The number of amides is 2. The van der Waals surface area contributed by atoms with E-state index in [1.165, 1.54) is 13.8 Å². The third-order valence-corrected chi connectivity index (χ3v) is 7.21. The van der Waals surface area contributed by atoms with Crippen LogP contribution in [0.4, 0.5) is 5.69 Å². The number of likely N-dealkylation sites (tertiary alicyclic amines) is 1. The summed E-state index contributed by atoms with van der Waals surface area (Å²) < 4.78 is 2.09. The molecule has 5 rings (SSSR count). The molecule has 3 heterocycles. The number of hydrogen-bond acceptors (Lipinski definition) is 5. The first-order valence-electron chi connectivity index (χ1n) is 11.8. The Morgan fingerprint density at radius 2 is 1.91 bits per heavy atom. The Morgan fingerprint density at radius 3 is 2.63 bits per heavy atom. The summed E-state index contributed by atoms with van der Waals surface area (Å²) >= 11 is 6.21. The van der Waals surface area contributed by atoms with E-state index in [1.54, 1.807) is 9.80 Å². The van der Waals surface area contributed by atoms with Crippen molar-refractivity contribution in [2.75, 3.05) is 24.6 Å². The van der Waals surface area contributed by atoms with E-state index in [1.807, 2.05) is 42.5 Å². The van der Waals surface area contributed by atoms with Gasteiger partial charge in [-0.25, -0.2) is 4.98 Å². The van der Waals surface area contributed by atoms with Crippen molar-refractivity contribution in [1.82, 2.24) is 14.5 Å². The van der Waals surface area contributed by atoms with Gasteiger partial charge >= 0.3 is 0 Å². The molecular formula is C26H29ClN4O4. The summed E-state index contributed by atoms with van der Waals surface area (Å²) in [6.07, 6.45) is 1.45. The molecule has 0 atom stereocenters. The minimum Gasteiger partial charge on any atom is -0.396 e. The predicted molar refractivity (Wildman–Crippen MR) is 133 cm³/mol. The third kappa shape index (κ3) is 3.90. The number of unbranched alkanes of at least 4 members (excludes halogenated alkanes) is 1. The van der Waals surface area contributed by atoms with Crippen LogP contribution in [0, 0.1) is 0 Å². The number of carbonyl (C=O) groups is 2. The number of nitrogens with zero attached hydrogens (tertiary/aromatic N) is 4. The number of imidazole rings is 1. The molecule has 2 aliphatic heterocycles. The molecule has 1 aromatic heterocycles. The number of carbonyl (C=O) groups excluding carboxylic acids is 2. The van der Waals surface area contributed by atoms with E-state index in [4.69, 9.17) is 16.6 Å². The number of aryl methyl sites for hydroxylation is 1. The number of para-hydroxylation sites is 1. The molecule has 0 radical (unpaired) electrons. The minimum absolute atomic E-state index is 0.0644. The molecule has 0 unspecified atom stereocenters. The lowest BCUT2D eigenvalue weighted by molar-refractivity contribution is -0.158. The molecule has 2 aliphatic rings. The molecule has 0 saturated carbocycles. The SMILES string of the molecule is CC(C)(O)C(=O)N1CC2(C1)C(=O)N(Cc1nc3cc(Cl)ccc3n1CCCCO)c1ccccc12. The van der Waals surface area contributed by atoms with Gasteiger partial charge in [0.1, 0.15) is 16.8 Å². The standard InChI is InChI=1S/C26H29ClN4O4/c1-25(2,35)23(33)29-15-26(16-29)18-7-3-4-8-20(18)31(24(26)34)14-22-28-19-13-17(27)9-10-21(19)30(22)11-5-6-12-32/h3-4,7-10,13,32,35H,5-6,11-12,14-16H2,1-2H3. The number of halogens is 1. The number of rotatable bonds is 7. The summed E-state index contributed by atoms with van der Waals surface area (Å²) in [5.41, 5.74) is 1.12. The van der Waals surface area contributed by atoms with Gasteiger partial charge in [0.15, 0.2) is 0 Å². The fraction of sp³-hybridized carbons (Fsp3) is 0.423. The summed E-state index contributed by atoms with van der Waals surface area (Å²) in [5.74, 6) is 0.295. The van der Waals surface area contributed by atoms with E-state index in [0.717, 1.165) is 34.5 Å². The van der Waals surface area contributed by atoms with Crippen LogP contribution in [0.15, 0.2) is 42.5 Å². The Balaban J connectivity index is 1.48. The molecule has 1 spiro atoms. The van der Waals surface area contributed by atoms with Gasteiger partial charge in [0, 0.05) is 37.0 Å². The fourth-order valence-corrected chi connectivity index (χ4v) is 5.41. The molecule has 184 valence electrons. The highest BCUT2D eigenvalue weighted by molar-refractivity contribution is 6.31. The van der Waals surface area contributed by atoms with Crippen LogP contribution < -0.4 is 4.90 Å². The molecule has 1 fully saturated rings. The van der Waals surface area contributed by atoms with E-state index in [9.17, 15) is 19.8 Å². The van der Waals surface area contributed by atoms with Crippen molar-refractivity contribution in [3.8, 4) is 0 Å². The van der Waals surface area contributed by atoms with Gasteiger partial charge in [-0.05, 0) is 56.5 Å². The Kier molecular flexibility index (Phi) is 5.86. The van der Waals surface area contributed by atoms with Gasteiger partial charge in [0.05, 0.1) is 17.6 Å². The first-order chi connectivity index (χ1) is 16.7. The molecule has 0 bridgehead atoms. The second-order valence-electron chi connectivity index (χ2n) is 9.95. The monoisotopic (exact) mass is 496 g/mol. The molecule has 2 N–H and O–H groups in total. The first-order valence-corrected chi connectivity index (χ1v) is 12.2. The molecule has 2 amide bonds. The number of benzene rings is 2. The summed E-state index contributed by atoms with van der Waals surface area (Å²) in [7, 11) is 0. The summed E-state index contributed by atoms with van der Waals surface area (Å²) in [4.78, 5) is 34.6. The zero-order valence-corrected chi connectivity index (χ0v) is 20.6. The predicted octanol–water partition coefficient (Wildman–Crippen LogP) is 2.86. The molecule has 9 heteroatoms. The van der Waals surface area contributed by atoms with Crippen LogP contribution in [0.2, 0.25) is 5.02 Å². The van der Waals surface area contributed by atoms with Crippen molar-refractivity contribution in [3.63, 3.8) is 0 Å². The second-order valence-corrected chi connectivity index (χ2v) is 10.4. The largest absolute Gasteiger partial charge is 0.396 e. The van der Waals surface area contributed by atoms with Gasteiger partial charge in [-0.15, -0.1) is 0 Å². The smallest absolute Gasteiger partial charge is 0.254 e. The maximum Gasteiger partial charge on any atom is 0.254 e. The highest BCUT2D eigenvalue weighted by Crippen LogP contribution is 2.48. The van der Waals surface area contributed by atoms with Crippen LogP contribution in [0.25, 0.3) is 11.0 Å². The molecule has 1 saturated heterocycles. The summed E-state index contributed by atoms with van der Waals surface area (Å²) in [5, 5.41) is 20.0. The van der Waals surface area contributed by atoms with Crippen LogP contribution in [0.5, 0.6) is 0 Å².